The van der Waals surface area contributed by atoms with Crippen LogP contribution in [-0.4, -0.2) is 4.98 Å². The summed E-state index contributed by atoms with van der Waals surface area (Å²) in [7, 11) is 0. The Labute approximate surface area is 111 Å². The van der Waals surface area contributed by atoms with E-state index in [-0.39, 0.29) is 0 Å². The van der Waals surface area contributed by atoms with Crippen LogP contribution in [0.5, 0.6) is 0 Å². The van der Waals surface area contributed by atoms with E-state index in [0.717, 1.165) is 18.5 Å². The van der Waals surface area contributed by atoms with Gasteiger partial charge in [-0.3, -0.25) is 0 Å². The molecule has 1 aromatic rings. The Morgan fingerprint density at radius 2 is 1.61 bits per heavy atom. The van der Waals surface area contributed by atoms with Gasteiger partial charge in [-0.15, -0.1) is 0 Å². The standard InChI is InChI=1S/C17H23N/c1-2-4-6-8-10-14-17-16(13-11-15-18-17)12-9-7-5-3-1/h11,13,15H,1-9,12H2. The third kappa shape index (κ3) is 4.53. The van der Waals surface area contributed by atoms with Gasteiger partial charge in [-0.25, -0.2) is 4.98 Å². The van der Waals surface area contributed by atoms with E-state index in [1.165, 1.54) is 56.9 Å². The second kappa shape index (κ2) is 7.93. The predicted molar refractivity (Wildman–Crippen MR) is 76.4 cm³/mol. The fourth-order valence-electron chi connectivity index (χ4n) is 2.49. The van der Waals surface area contributed by atoms with Gasteiger partial charge < -0.3 is 0 Å². The van der Waals surface area contributed by atoms with Gasteiger partial charge >= 0.3 is 0 Å². The molecule has 0 saturated heterocycles. The van der Waals surface area contributed by atoms with Gasteiger partial charge in [-0.1, -0.05) is 50.5 Å². The van der Waals surface area contributed by atoms with E-state index in [4.69, 9.17) is 0 Å². The number of nitrogens with zero attached hydrogens (tertiary/aromatic N) is 1. The van der Waals surface area contributed by atoms with Crippen molar-refractivity contribution in [2.75, 3.05) is 0 Å². The molecule has 1 aliphatic rings. The number of rotatable bonds is 0. The van der Waals surface area contributed by atoms with Crippen molar-refractivity contribution in [3.05, 3.63) is 29.6 Å². The maximum atomic E-state index is 4.42. The molecule has 0 unspecified atom stereocenters. The summed E-state index contributed by atoms with van der Waals surface area (Å²) in [5.41, 5.74) is 2.34. The molecule has 1 heteroatoms. The quantitative estimate of drug-likeness (QED) is 0.609. The molecule has 1 heterocycles. The Morgan fingerprint density at radius 1 is 0.889 bits per heavy atom. The molecule has 0 saturated carbocycles. The molecule has 96 valence electrons. The van der Waals surface area contributed by atoms with E-state index in [1.807, 2.05) is 12.3 Å². The number of aryl methyl sites for hydroxylation is 1. The molecule has 0 N–H and O–H groups in total. The maximum Gasteiger partial charge on any atom is 0.116 e. The lowest BCUT2D eigenvalue weighted by Crippen LogP contribution is -1.94. The van der Waals surface area contributed by atoms with Crippen molar-refractivity contribution in [3.8, 4) is 11.8 Å². The zero-order valence-electron chi connectivity index (χ0n) is 11.3. The number of aromatic nitrogens is 1. The SMILES string of the molecule is C1#Cc2ncccc2CCCCCCCCCC1. The molecule has 0 amide bonds. The van der Waals surface area contributed by atoms with E-state index in [1.54, 1.807) is 0 Å². The van der Waals surface area contributed by atoms with Crippen molar-refractivity contribution in [2.45, 2.75) is 64.2 Å². The van der Waals surface area contributed by atoms with Gasteiger partial charge in [0.25, 0.3) is 0 Å². The fraction of sp³-hybridized carbons (Fsp3) is 0.588. The summed E-state index contributed by atoms with van der Waals surface area (Å²) in [5, 5.41) is 0. The molecule has 0 aromatic carbocycles. The molecular formula is C17H23N. The lowest BCUT2D eigenvalue weighted by molar-refractivity contribution is 0.570. The maximum absolute atomic E-state index is 4.42. The second-order valence-corrected chi connectivity index (χ2v) is 5.14. The smallest absolute Gasteiger partial charge is 0.116 e. The Hall–Kier alpha value is -1.29. The summed E-state index contributed by atoms with van der Waals surface area (Å²) in [6.07, 6.45) is 14.8. The summed E-state index contributed by atoms with van der Waals surface area (Å²) in [5.74, 6) is 6.54. The van der Waals surface area contributed by atoms with Gasteiger partial charge in [0.05, 0.1) is 0 Å². The first-order valence-electron chi connectivity index (χ1n) is 7.39. The third-order valence-electron chi connectivity index (χ3n) is 3.60. The van der Waals surface area contributed by atoms with E-state index in [0.29, 0.717) is 0 Å². The zero-order chi connectivity index (χ0) is 12.5. The molecular weight excluding hydrogens is 218 g/mol. The average Bonchev–Trinajstić information content (AvgIpc) is 2.41. The fourth-order valence-corrected chi connectivity index (χ4v) is 2.49. The third-order valence-corrected chi connectivity index (χ3v) is 3.60. The van der Waals surface area contributed by atoms with Crippen LogP contribution in [-0.2, 0) is 6.42 Å². The van der Waals surface area contributed by atoms with E-state index in [9.17, 15) is 0 Å². The monoisotopic (exact) mass is 241 g/mol. The van der Waals surface area contributed by atoms with E-state index in [2.05, 4.69) is 22.9 Å². The van der Waals surface area contributed by atoms with Gasteiger partial charge in [0, 0.05) is 12.6 Å². The van der Waals surface area contributed by atoms with Crippen LogP contribution in [0.4, 0.5) is 0 Å². The molecule has 1 aromatic heterocycles. The van der Waals surface area contributed by atoms with Crippen molar-refractivity contribution in [1.82, 2.24) is 4.98 Å². The highest BCUT2D eigenvalue weighted by Gasteiger charge is 2.01. The van der Waals surface area contributed by atoms with Gasteiger partial charge in [-0.2, -0.15) is 0 Å². The minimum Gasteiger partial charge on any atom is -0.248 e. The second-order valence-electron chi connectivity index (χ2n) is 5.14. The lowest BCUT2D eigenvalue weighted by Gasteiger charge is -2.05. The molecule has 0 radical (unpaired) electrons. The number of pyridine rings is 1. The van der Waals surface area contributed by atoms with Crippen LogP contribution in [0.25, 0.3) is 0 Å². The first-order valence-corrected chi connectivity index (χ1v) is 7.39. The van der Waals surface area contributed by atoms with Crippen molar-refractivity contribution >= 4 is 0 Å². The molecule has 1 aliphatic carbocycles. The van der Waals surface area contributed by atoms with Crippen LogP contribution in [0.1, 0.15) is 69.0 Å². The molecule has 0 atom stereocenters. The van der Waals surface area contributed by atoms with E-state index >= 15 is 0 Å². The summed E-state index contributed by atoms with van der Waals surface area (Å²) >= 11 is 0. The minimum absolute atomic E-state index is 1.01. The summed E-state index contributed by atoms with van der Waals surface area (Å²) < 4.78 is 0. The molecule has 2 rings (SSSR count). The molecule has 1 nitrogen and oxygen atoms in total. The predicted octanol–water partition coefficient (Wildman–Crippen LogP) is 4.50. The molecule has 0 fully saturated rings. The number of hydrogen-bond donors (Lipinski definition) is 0. The molecule has 18 heavy (non-hydrogen) atoms. The van der Waals surface area contributed by atoms with Crippen molar-refractivity contribution in [3.63, 3.8) is 0 Å². The average molecular weight is 241 g/mol. The van der Waals surface area contributed by atoms with Gasteiger partial charge in [0.2, 0.25) is 0 Å². The summed E-state index contributed by atoms with van der Waals surface area (Å²) in [6.45, 7) is 0. The normalized spacial score (nSPS) is 18.0. The Morgan fingerprint density at radius 3 is 2.44 bits per heavy atom. The largest absolute Gasteiger partial charge is 0.248 e. The van der Waals surface area contributed by atoms with Gasteiger partial charge in [0.1, 0.15) is 5.69 Å². The van der Waals surface area contributed by atoms with Crippen LogP contribution in [0, 0.1) is 11.8 Å². The summed E-state index contributed by atoms with van der Waals surface area (Å²) in [6, 6.07) is 4.21. The number of fused-ring (bicyclic) bond motifs is 1. The van der Waals surface area contributed by atoms with Crippen LogP contribution < -0.4 is 0 Å². The molecule has 0 aliphatic heterocycles. The lowest BCUT2D eigenvalue weighted by atomic mass is 10.0. The number of hydrogen-bond acceptors (Lipinski definition) is 1. The van der Waals surface area contributed by atoms with E-state index < -0.39 is 0 Å². The van der Waals surface area contributed by atoms with Crippen molar-refractivity contribution in [2.24, 2.45) is 0 Å². The molecule has 0 spiro atoms. The van der Waals surface area contributed by atoms with Crippen LogP contribution in [0.3, 0.4) is 0 Å². The zero-order valence-corrected chi connectivity index (χ0v) is 11.3. The highest BCUT2D eigenvalue weighted by atomic mass is 14.7. The first-order chi connectivity index (χ1) is 8.97. The van der Waals surface area contributed by atoms with Crippen LogP contribution >= 0.6 is 0 Å². The highest BCUT2D eigenvalue weighted by Crippen LogP contribution is 2.14. The van der Waals surface area contributed by atoms with Crippen molar-refractivity contribution in [1.29, 1.82) is 0 Å². The van der Waals surface area contributed by atoms with Gasteiger partial charge in [-0.05, 0) is 36.8 Å². The minimum atomic E-state index is 1.01. The summed E-state index contributed by atoms with van der Waals surface area (Å²) in [4.78, 5) is 4.42. The topological polar surface area (TPSA) is 12.9 Å². The van der Waals surface area contributed by atoms with Crippen molar-refractivity contribution < 1.29 is 0 Å². The Kier molecular flexibility index (Phi) is 5.79. The van der Waals surface area contributed by atoms with Gasteiger partial charge in [0.15, 0.2) is 0 Å². The Bertz CT molecular complexity index is 411. The Balaban J connectivity index is 2.03. The first kappa shape index (κ1) is 13.1. The van der Waals surface area contributed by atoms with Crippen LogP contribution in [0.2, 0.25) is 0 Å². The van der Waals surface area contributed by atoms with Crippen LogP contribution in [0.15, 0.2) is 18.3 Å². The molecule has 0 bridgehead atoms. The highest BCUT2D eigenvalue weighted by molar-refractivity contribution is 5.35.